The fourth-order valence-electron chi connectivity index (χ4n) is 5.81. The molecule has 33 heavy (non-hydrogen) atoms. The fraction of sp³-hybridized carbons (Fsp3) is 0.125. The summed E-state index contributed by atoms with van der Waals surface area (Å²) in [5.74, 6) is 2.28. The van der Waals surface area contributed by atoms with Crippen molar-refractivity contribution in [1.82, 2.24) is 0 Å². The summed E-state index contributed by atoms with van der Waals surface area (Å²) in [6, 6.07) is 43.4. The van der Waals surface area contributed by atoms with Crippen LogP contribution in [0.3, 0.4) is 0 Å². The van der Waals surface area contributed by atoms with Gasteiger partial charge in [0.25, 0.3) is 0 Å². The maximum Gasteiger partial charge on any atom is 0.139 e. The molecule has 4 aromatic carbocycles. The summed E-state index contributed by atoms with van der Waals surface area (Å²) >= 11 is 0. The molecule has 1 aromatic heterocycles. The van der Waals surface area contributed by atoms with E-state index >= 15 is 0 Å². The van der Waals surface area contributed by atoms with Gasteiger partial charge in [0.1, 0.15) is 11.5 Å². The minimum absolute atomic E-state index is 0.267. The van der Waals surface area contributed by atoms with Crippen molar-refractivity contribution >= 4 is 0 Å². The van der Waals surface area contributed by atoms with Crippen LogP contribution >= 0.6 is 0 Å². The molecule has 0 aliphatic heterocycles. The Labute approximate surface area is 195 Å². The lowest BCUT2D eigenvalue weighted by Gasteiger charge is -2.33. The molecule has 6 rings (SSSR count). The molecule has 0 spiro atoms. The van der Waals surface area contributed by atoms with Crippen LogP contribution in [0.25, 0.3) is 11.3 Å². The van der Waals surface area contributed by atoms with Gasteiger partial charge in [0.15, 0.2) is 0 Å². The van der Waals surface area contributed by atoms with Gasteiger partial charge < -0.3 is 4.42 Å². The molecule has 1 aliphatic carbocycles. The Balaban J connectivity index is 1.72. The molecule has 0 bridgehead atoms. The third-order valence-electron chi connectivity index (χ3n) is 7.19. The third-order valence-corrected chi connectivity index (χ3v) is 7.19. The summed E-state index contributed by atoms with van der Waals surface area (Å²) in [4.78, 5) is 0. The van der Waals surface area contributed by atoms with Gasteiger partial charge in [-0.25, -0.2) is 0 Å². The molecule has 1 nitrogen and oxygen atoms in total. The van der Waals surface area contributed by atoms with Gasteiger partial charge in [-0.15, -0.1) is 0 Å². The predicted octanol–water partition coefficient (Wildman–Crippen LogP) is 8.13. The molecule has 160 valence electrons. The van der Waals surface area contributed by atoms with E-state index in [9.17, 15) is 0 Å². The van der Waals surface area contributed by atoms with Gasteiger partial charge >= 0.3 is 0 Å². The van der Waals surface area contributed by atoms with Crippen LogP contribution in [-0.2, 0) is 5.41 Å². The first-order valence-electron chi connectivity index (χ1n) is 11.6. The first-order valence-corrected chi connectivity index (χ1v) is 11.6. The van der Waals surface area contributed by atoms with E-state index in [4.69, 9.17) is 4.42 Å². The lowest BCUT2D eigenvalue weighted by molar-refractivity contribution is 0.505. The minimum atomic E-state index is -0.290. The molecule has 1 heteroatoms. The highest BCUT2D eigenvalue weighted by Gasteiger charge is 2.51. The van der Waals surface area contributed by atoms with Crippen molar-refractivity contribution in [2.24, 2.45) is 0 Å². The maximum absolute atomic E-state index is 6.62. The zero-order valence-corrected chi connectivity index (χ0v) is 18.7. The van der Waals surface area contributed by atoms with Crippen LogP contribution in [0.2, 0.25) is 0 Å². The second-order valence-corrected chi connectivity index (χ2v) is 8.95. The fourth-order valence-corrected chi connectivity index (χ4v) is 5.81. The Morgan fingerprint density at radius 1 is 0.636 bits per heavy atom. The molecule has 5 aromatic rings. The highest BCUT2D eigenvalue weighted by molar-refractivity contribution is 5.74. The van der Waals surface area contributed by atoms with E-state index in [0.29, 0.717) is 0 Å². The van der Waals surface area contributed by atoms with Crippen molar-refractivity contribution in [1.29, 1.82) is 0 Å². The van der Waals surface area contributed by atoms with Crippen LogP contribution in [0.5, 0.6) is 0 Å². The first-order chi connectivity index (χ1) is 16.3. The van der Waals surface area contributed by atoms with Crippen molar-refractivity contribution in [3.05, 3.63) is 155 Å². The molecule has 1 aliphatic rings. The number of hydrogen-bond acceptors (Lipinski definition) is 1. The van der Waals surface area contributed by atoms with Gasteiger partial charge in [-0.3, -0.25) is 0 Å². The number of rotatable bonds is 4. The van der Waals surface area contributed by atoms with E-state index in [2.05, 4.69) is 128 Å². The molecular formula is C32H26O. The van der Waals surface area contributed by atoms with Gasteiger partial charge in [0.2, 0.25) is 0 Å². The zero-order valence-electron chi connectivity index (χ0n) is 18.7. The van der Waals surface area contributed by atoms with Gasteiger partial charge in [-0.05, 0) is 30.0 Å². The lowest BCUT2D eigenvalue weighted by atomic mass is 9.69. The number of furan rings is 1. The van der Waals surface area contributed by atoms with Crippen molar-refractivity contribution in [2.45, 2.75) is 24.7 Å². The summed E-state index contributed by atoms with van der Waals surface area (Å²) in [6.45, 7) is 2.13. The number of fused-ring (bicyclic) bond motifs is 1. The molecule has 1 atom stereocenters. The Hall–Kier alpha value is -3.84. The summed E-state index contributed by atoms with van der Waals surface area (Å²) in [7, 11) is 0. The standard InChI is InChI=1S/C32H26O/c1-23-29-28(24-14-6-2-7-15-24)22-32(26-18-10-4-11-19-26,27-20-12-5-13-21-27)30(29)31(33-23)25-16-8-3-9-17-25/h2-21,28H,22H2,1H3. The molecular weight excluding hydrogens is 400 g/mol. The SMILES string of the molecule is Cc1oc(-c2ccccc2)c2c1C(c1ccccc1)CC2(c1ccccc1)c1ccccc1. The zero-order chi connectivity index (χ0) is 22.3. The van der Waals surface area contributed by atoms with Gasteiger partial charge in [-0.2, -0.15) is 0 Å². The van der Waals surface area contributed by atoms with E-state index in [1.54, 1.807) is 0 Å². The molecule has 0 amide bonds. The Morgan fingerprint density at radius 3 is 1.67 bits per heavy atom. The Morgan fingerprint density at radius 2 is 1.12 bits per heavy atom. The highest BCUT2D eigenvalue weighted by Crippen LogP contribution is 2.60. The Kier molecular flexibility index (Phi) is 4.77. The topological polar surface area (TPSA) is 13.1 Å². The summed E-state index contributed by atoms with van der Waals surface area (Å²) in [5.41, 5.74) is 7.47. The second kappa shape index (κ2) is 7.94. The van der Waals surface area contributed by atoms with E-state index in [1.165, 1.54) is 27.8 Å². The Bertz CT molecular complexity index is 1330. The number of benzene rings is 4. The van der Waals surface area contributed by atoms with Crippen molar-refractivity contribution in [2.75, 3.05) is 0 Å². The summed E-state index contributed by atoms with van der Waals surface area (Å²) in [6.07, 6.45) is 0.979. The van der Waals surface area contributed by atoms with Crippen LogP contribution in [0.4, 0.5) is 0 Å². The average Bonchev–Trinajstić information content (AvgIpc) is 3.43. The molecule has 1 unspecified atom stereocenters. The van der Waals surface area contributed by atoms with Gasteiger partial charge in [-0.1, -0.05) is 121 Å². The smallest absolute Gasteiger partial charge is 0.139 e. The van der Waals surface area contributed by atoms with Crippen LogP contribution in [0, 0.1) is 6.92 Å². The van der Waals surface area contributed by atoms with Crippen LogP contribution in [0.1, 0.15) is 45.9 Å². The average molecular weight is 427 g/mol. The largest absolute Gasteiger partial charge is 0.461 e. The molecule has 0 saturated heterocycles. The van der Waals surface area contributed by atoms with E-state index in [-0.39, 0.29) is 11.3 Å². The van der Waals surface area contributed by atoms with Crippen molar-refractivity contribution in [3.8, 4) is 11.3 Å². The number of aryl methyl sites for hydroxylation is 1. The van der Waals surface area contributed by atoms with Crippen LogP contribution in [0.15, 0.2) is 126 Å². The van der Waals surface area contributed by atoms with E-state index < -0.39 is 0 Å². The minimum Gasteiger partial charge on any atom is -0.461 e. The predicted molar refractivity (Wildman–Crippen MR) is 135 cm³/mol. The second-order valence-electron chi connectivity index (χ2n) is 8.95. The molecule has 0 radical (unpaired) electrons. The van der Waals surface area contributed by atoms with Crippen molar-refractivity contribution < 1.29 is 4.42 Å². The highest BCUT2D eigenvalue weighted by atomic mass is 16.3. The van der Waals surface area contributed by atoms with Gasteiger partial charge in [0.05, 0.1) is 5.41 Å². The quantitative estimate of drug-likeness (QED) is 0.283. The molecule has 0 N–H and O–H groups in total. The summed E-state index contributed by atoms with van der Waals surface area (Å²) < 4.78 is 6.62. The molecule has 1 heterocycles. The first kappa shape index (κ1) is 19.8. The van der Waals surface area contributed by atoms with Crippen LogP contribution < -0.4 is 0 Å². The van der Waals surface area contributed by atoms with E-state index in [1.807, 2.05) is 0 Å². The normalized spacial score (nSPS) is 16.5. The molecule has 0 fully saturated rings. The monoisotopic (exact) mass is 426 g/mol. The summed E-state index contributed by atoms with van der Waals surface area (Å²) in [5, 5.41) is 0. The lowest BCUT2D eigenvalue weighted by Crippen LogP contribution is -2.27. The van der Waals surface area contributed by atoms with Crippen molar-refractivity contribution in [3.63, 3.8) is 0 Å². The van der Waals surface area contributed by atoms with E-state index in [0.717, 1.165) is 23.5 Å². The third kappa shape index (κ3) is 3.08. The van der Waals surface area contributed by atoms with Gasteiger partial charge in [0, 0.05) is 22.6 Å². The molecule has 0 saturated carbocycles. The maximum atomic E-state index is 6.62. The van der Waals surface area contributed by atoms with Crippen LogP contribution in [-0.4, -0.2) is 0 Å². The number of hydrogen-bond donors (Lipinski definition) is 0.